The van der Waals surface area contributed by atoms with Gasteiger partial charge in [-0.05, 0) is 135 Å². The summed E-state index contributed by atoms with van der Waals surface area (Å²) in [6.45, 7) is 7.51. The second kappa shape index (κ2) is 61.3. The summed E-state index contributed by atoms with van der Waals surface area (Å²) in [5.41, 5.74) is 0. The van der Waals surface area contributed by atoms with E-state index >= 15 is 0 Å². The van der Waals surface area contributed by atoms with E-state index in [9.17, 15) is 9.59 Å². The molecule has 0 amide bonds. The average Bonchev–Trinajstić information content (AvgIpc) is 3.38. The van der Waals surface area contributed by atoms with Gasteiger partial charge in [-0.15, -0.1) is 0 Å². The van der Waals surface area contributed by atoms with Gasteiger partial charge in [0.2, 0.25) is 0 Å². The van der Waals surface area contributed by atoms with Crippen molar-refractivity contribution < 1.29 is 23.8 Å². The predicted molar refractivity (Wildman–Crippen MR) is 315 cm³/mol. The molecule has 0 aliphatic carbocycles. The molecule has 0 aromatic rings. The molecule has 0 heterocycles. The maximum atomic E-state index is 12.9. The van der Waals surface area contributed by atoms with Crippen LogP contribution in [-0.2, 0) is 23.8 Å². The number of unbranched alkanes of at least 4 members (excludes halogenated alkanes) is 20. The van der Waals surface area contributed by atoms with Crippen LogP contribution in [0.2, 0.25) is 0 Å². The van der Waals surface area contributed by atoms with Crippen molar-refractivity contribution in [1.29, 1.82) is 0 Å². The average molecular weight is 996 g/mol. The van der Waals surface area contributed by atoms with Gasteiger partial charge in [-0.1, -0.05) is 238 Å². The molecular formula is C67H110O5. The zero-order chi connectivity index (χ0) is 52.0. The lowest BCUT2D eigenvalue weighted by atomic mass is 10.1. The Kier molecular flexibility index (Phi) is 58.0. The molecule has 72 heavy (non-hydrogen) atoms. The molecule has 0 N–H and O–H groups in total. The first-order chi connectivity index (χ1) is 35.6. The zero-order valence-electron chi connectivity index (χ0n) is 46.9. The van der Waals surface area contributed by atoms with Gasteiger partial charge in [0, 0.05) is 19.4 Å². The number of allylic oxidation sites excluding steroid dienone is 22. The molecule has 1 unspecified atom stereocenters. The van der Waals surface area contributed by atoms with Gasteiger partial charge in [-0.25, -0.2) is 0 Å². The highest BCUT2D eigenvalue weighted by Gasteiger charge is 2.17. The second-order valence-electron chi connectivity index (χ2n) is 19.1. The molecule has 0 radical (unpaired) electrons. The fourth-order valence-corrected chi connectivity index (χ4v) is 7.79. The molecule has 1 atom stereocenters. The first-order valence-electron chi connectivity index (χ1n) is 29.7. The molecule has 0 saturated carbocycles. The molecule has 0 aromatic carbocycles. The SMILES string of the molecule is CC/C=C\C/C=C\C/C=C\C/C=C\CCCCCCCCC(=O)OCC(COCCCCCCCCC/C=C\C/C=C\C/C=C\CCCCC)OC(=O)CCCCCC/C=C\C/C=C\C/C=C\C/C=C\CC. The maximum Gasteiger partial charge on any atom is 0.306 e. The molecule has 0 spiro atoms. The van der Waals surface area contributed by atoms with E-state index in [0.717, 1.165) is 135 Å². The molecular weight excluding hydrogens is 885 g/mol. The number of hydrogen-bond donors (Lipinski definition) is 0. The maximum absolute atomic E-state index is 12.9. The standard InChI is InChI=1S/C67H110O5/c1-4-7-10-13-16-19-22-25-28-31-33-35-38-41-44-47-50-53-56-59-62-70-63-65(72-67(69)61-58-55-52-49-46-43-40-36-30-27-24-21-18-15-12-9-6-3)64-71-66(68)60-57-54-51-48-45-42-39-37-34-32-29-26-23-20-17-14-11-8-5-2/h8-9,11-12,16-21,25-30,33-35,37,40,43,65H,4-7,10,13-15,22-24,31-32,36,38-39,41-42,44-64H2,1-3H3/b11-8-,12-9-,19-16-,20-17-,21-18-,28-25-,29-26-,30-27-,35-33-,37-34-,43-40-. The van der Waals surface area contributed by atoms with E-state index in [1.807, 2.05) is 0 Å². The topological polar surface area (TPSA) is 61.8 Å². The van der Waals surface area contributed by atoms with E-state index in [4.69, 9.17) is 14.2 Å². The Bertz CT molecular complexity index is 1500. The van der Waals surface area contributed by atoms with Gasteiger partial charge >= 0.3 is 11.9 Å². The largest absolute Gasteiger partial charge is 0.462 e. The van der Waals surface area contributed by atoms with Crippen LogP contribution in [0, 0.1) is 0 Å². The van der Waals surface area contributed by atoms with Crippen molar-refractivity contribution in [3.63, 3.8) is 0 Å². The van der Waals surface area contributed by atoms with Gasteiger partial charge in [0.15, 0.2) is 6.10 Å². The molecule has 408 valence electrons. The van der Waals surface area contributed by atoms with Gasteiger partial charge in [0.05, 0.1) is 6.61 Å². The normalized spacial score (nSPS) is 13.2. The molecule has 5 heteroatoms. The van der Waals surface area contributed by atoms with Crippen LogP contribution in [-0.4, -0.2) is 37.9 Å². The Balaban J connectivity index is 4.40. The first kappa shape index (κ1) is 68.0. The van der Waals surface area contributed by atoms with Crippen molar-refractivity contribution in [3.8, 4) is 0 Å². The number of rotatable bonds is 53. The van der Waals surface area contributed by atoms with Crippen LogP contribution in [0.1, 0.15) is 252 Å². The summed E-state index contributed by atoms with van der Waals surface area (Å²) in [6.07, 6.45) is 87.6. The van der Waals surface area contributed by atoms with Crippen LogP contribution in [0.15, 0.2) is 134 Å². The van der Waals surface area contributed by atoms with E-state index in [2.05, 4.69) is 154 Å². The van der Waals surface area contributed by atoms with Crippen molar-refractivity contribution in [1.82, 2.24) is 0 Å². The Labute approximate surface area is 445 Å². The summed E-state index contributed by atoms with van der Waals surface area (Å²) in [5, 5.41) is 0. The minimum atomic E-state index is -0.572. The van der Waals surface area contributed by atoms with Crippen LogP contribution in [0.3, 0.4) is 0 Å². The van der Waals surface area contributed by atoms with E-state index in [1.165, 1.54) is 83.5 Å². The van der Waals surface area contributed by atoms with Gasteiger partial charge < -0.3 is 14.2 Å². The quantitative estimate of drug-likeness (QED) is 0.0345. The lowest BCUT2D eigenvalue weighted by molar-refractivity contribution is -0.163. The summed E-state index contributed by atoms with van der Waals surface area (Å²) in [6, 6.07) is 0. The molecule has 5 nitrogen and oxygen atoms in total. The van der Waals surface area contributed by atoms with Gasteiger partial charge in [0.25, 0.3) is 0 Å². The number of carbonyl (C=O) groups excluding carboxylic acids is 2. The van der Waals surface area contributed by atoms with Gasteiger partial charge in [0.1, 0.15) is 6.61 Å². The monoisotopic (exact) mass is 995 g/mol. The number of carbonyl (C=O) groups is 2. The van der Waals surface area contributed by atoms with E-state index < -0.39 is 6.10 Å². The lowest BCUT2D eigenvalue weighted by Crippen LogP contribution is -2.30. The fourth-order valence-electron chi connectivity index (χ4n) is 7.79. The minimum Gasteiger partial charge on any atom is -0.462 e. The van der Waals surface area contributed by atoms with Crippen LogP contribution in [0.4, 0.5) is 0 Å². The molecule has 0 aliphatic rings. The van der Waals surface area contributed by atoms with Crippen LogP contribution in [0.25, 0.3) is 0 Å². The first-order valence-corrected chi connectivity index (χ1v) is 29.7. The third kappa shape index (κ3) is 58.6. The molecule has 0 bridgehead atoms. The van der Waals surface area contributed by atoms with Crippen molar-refractivity contribution >= 4 is 11.9 Å². The Morgan fingerprint density at radius 2 is 0.625 bits per heavy atom. The Morgan fingerprint density at radius 3 is 1.00 bits per heavy atom. The molecule has 0 aliphatic heterocycles. The van der Waals surface area contributed by atoms with Crippen LogP contribution < -0.4 is 0 Å². The molecule has 0 rings (SSSR count). The van der Waals surface area contributed by atoms with Crippen molar-refractivity contribution in [2.45, 2.75) is 258 Å². The smallest absolute Gasteiger partial charge is 0.306 e. The number of hydrogen-bond acceptors (Lipinski definition) is 5. The van der Waals surface area contributed by atoms with E-state index in [0.29, 0.717) is 19.4 Å². The molecule has 0 saturated heterocycles. The van der Waals surface area contributed by atoms with Crippen LogP contribution in [0.5, 0.6) is 0 Å². The summed E-state index contributed by atoms with van der Waals surface area (Å²) in [4.78, 5) is 25.6. The van der Waals surface area contributed by atoms with E-state index in [1.54, 1.807) is 0 Å². The van der Waals surface area contributed by atoms with E-state index in [-0.39, 0.29) is 25.2 Å². The summed E-state index contributed by atoms with van der Waals surface area (Å²) < 4.78 is 17.5. The lowest BCUT2D eigenvalue weighted by Gasteiger charge is -2.18. The highest BCUT2D eigenvalue weighted by molar-refractivity contribution is 5.70. The third-order valence-corrected chi connectivity index (χ3v) is 12.2. The number of ether oxygens (including phenoxy) is 3. The predicted octanol–water partition coefficient (Wildman–Crippen LogP) is 20.7. The number of esters is 2. The summed E-state index contributed by atoms with van der Waals surface area (Å²) >= 11 is 0. The van der Waals surface area contributed by atoms with Crippen molar-refractivity contribution in [2.75, 3.05) is 19.8 Å². The van der Waals surface area contributed by atoms with Crippen molar-refractivity contribution in [3.05, 3.63) is 134 Å². The highest BCUT2D eigenvalue weighted by Crippen LogP contribution is 2.13. The summed E-state index contributed by atoms with van der Waals surface area (Å²) in [5.74, 6) is -0.451. The van der Waals surface area contributed by atoms with Gasteiger partial charge in [-0.2, -0.15) is 0 Å². The Hall–Kier alpha value is -3.96. The molecule has 0 fully saturated rings. The van der Waals surface area contributed by atoms with Crippen molar-refractivity contribution in [2.24, 2.45) is 0 Å². The molecule has 0 aromatic heterocycles. The third-order valence-electron chi connectivity index (χ3n) is 12.2. The summed E-state index contributed by atoms with van der Waals surface area (Å²) in [7, 11) is 0. The second-order valence-corrected chi connectivity index (χ2v) is 19.1. The fraction of sp³-hybridized carbons (Fsp3) is 0.642. The highest BCUT2D eigenvalue weighted by atomic mass is 16.6. The van der Waals surface area contributed by atoms with Crippen LogP contribution >= 0.6 is 0 Å². The Morgan fingerprint density at radius 1 is 0.319 bits per heavy atom. The minimum absolute atomic E-state index is 0.0550. The van der Waals surface area contributed by atoms with Gasteiger partial charge in [-0.3, -0.25) is 9.59 Å². The zero-order valence-corrected chi connectivity index (χ0v) is 46.9.